The van der Waals surface area contributed by atoms with E-state index in [1.165, 1.54) is 6.33 Å². The predicted molar refractivity (Wildman–Crippen MR) is 119 cm³/mol. The van der Waals surface area contributed by atoms with Gasteiger partial charge in [-0.25, -0.2) is 9.97 Å². The highest BCUT2D eigenvalue weighted by Crippen LogP contribution is 2.26. The summed E-state index contributed by atoms with van der Waals surface area (Å²) in [6, 6.07) is 16.2. The molecule has 0 bridgehead atoms. The summed E-state index contributed by atoms with van der Waals surface area (Å²) in [6.07, 6.45) is 1.49. The first kappa shape index (κ1) is 20.9. The second kappa shape index (κ2) is 9.22. The summed E-state index contributed by atoms with van der Waals surface area (Å²) in [7, 11) is 1.61. The lowest BCUT2D eigenvalue weighted by atomic mass is 10.1. The van der Waals surface area contributed by atoms with Gasteiger partial charge in [0, 0.05) is 48.4 Å². The molecule has 1 unspecified atom stereocenters. The minimum Gasteiger partial charge on any atom is -0.497 e. The molecule has 1 fully saturated rings. The maximum Gasteiger partial charge on any atom is 0.254 e. The van der Waals surface area contributed by atoms with Crippen LogP contribution < -0.4 is 14.4 Å². The highest BCUT2D eigenvalue weighted by atomic mass is 35.5. The van der Waals surface area contributed by atoms with Crippen molar-refractivity contribution in [1.29, 1.82) is 0 Å². The number of hydrogen-bond acceptors (Lipinski definition) is 6. The zero-order valence-electron chi connectivity index (χ0n) is 17.4. The average Bonchev–Trinajstić information content (AvgIpc) is 2.79. The Morgan fingerprint density at radius 3 is 2.58 bits per heavy atom. The van der Waals surface area contributed by atoms with Crippen molar-refractivity contribution in [2.45, 2.75) is 13.0 Å². The topological polar surface area (TPSA) is 67.8 Å². The molecule has 8 heteroatoms. The zero-order chi connectivity index (χ0) is 21.8. The molecule has 31 heavy (non-hydrogen) atoms. The van der Waals surface area contributed by atoms with E-state index in [2.05, 4.69) is 14.9 Å². The largest absolute Gasteiger partial charge is 0.497 e. The molecule has 3 aromatic rings. The first-order valence-electron chi connectivity index (χ1n) is 9.99. The lowest BCUT2D eigenvalue weighted by Gasteiger charge is -2.40. The number of hydrogen-bond donors (Lipinski definition) is 0. The Kier molecular flexibility index (Phi) is 6.23. The number of amides is 1. The first-order chi connectivity index (χ1) is 15.0. The molecule has 4 rings (SSSR count). The van der Waals surface area contributed by atoms with Crippen molar-refractivity contribution in [2.24, 2.45) is 0 Å². The highest BCUT2D eigenvalue weighted by molar-refractivity contribution is 6.30. The molecule has 0 radical (unpaired) electrons. The molecule has 2 heterocycles. The second-order valence-electron chi connectivity index (χ2n) is 7.30. The van der Waals surface area contributed by atoms with Crippen LogP contribution in [0.1, 0.15) is 17.3 Å². The molecule has 7 nitrogen and oxygen atoms in total. The summed E-state index contributed by atoms with van der Waals surface area (Å²) < 4.78 is 11.1. The van der Waals surface area contributed by atoms with Crippen LogP contribution in [0.3, 0.4) is 0 Å². The summed E-state index contributed by atoms with van der Waals surface area (Å²) in [4.78, 5) is 25.5. The smallest absolute Gasteiger partial charge is 0.254 e. The number of rotatable bonds is 5. The highest BCUT2D eigenvalue weighted by Gasteiger charge is 2.29. The van der Waals surface area contributed by atoms with Gasteiger partial charge in [0.05, 0.1) is 7.11 Å². The minimum absolute atomic E-state index is 0.00792. The third-order valence-electron chi connectivity index (χ3n) is 5.19. The maximum atomic E-state index is 12.9. The molecule has 1 aliphatic heterocycles. The van der Waals surface area contributed by atoms with Gasteiger partial charge in [0.25, 0.3) is 5.91 Å². The van der Waals surface area contributed by atoms with Gasteiger partial charge in [-0.15, -0.1) is 0 Å². The Labute approximate surface area is 186 Å². The third-order valence-corrected chi connectivity index (χ3v) is 5.45. The monoisotopic (exact) mass is 438 g/mol. The second-order valence-corrected chi connectivity index (χ2v) is 7.73. The number of aromatic nitrogens is 2. The summed E-state index contributed by atoms with van der Waals surface area (Å²) in [5, 5.41) is 0.616. The lowest BCUT2D eigenvalue weighted by Crippen LogP contribution is -2.54. The summed E-state index contributed by atoms with van der Waals surface area (Å²) >= 11 is 5.94. The number of nitrogens with zero attached hydrogens (tertiary/aromatic N) is 4. The standard InChI is InChI=1S/C23H23ClN4O3/c1-16-14-27(10-11-28(16)23(29)17-6-8-18(24)9-7-17)21-13-22(26-15-25-21)31-20-5-3-4-19(12-20)30-2/h3-9,12-13,15-16H,10-11,14H2,1-2H3. The van der Waals surface area contributed by atoms with Crippen LogP contribution in [0.2, 0.25) is 5.02 Å². The summed E-state index contributed by atoms with van der Waals surface area (Å²) in [6.45, 7) is 3.96. The van der Waals surface area contributed by atoms with Crippen LogP contribution in [0.4, 0.5) is 5.82 Å². The fraction of sp³-hybridized carbons (Fsp3) is 0.261. The normalized spacial score (nSPS) is 16.2. The Morgan fingerprint density at radius 1 is 1.06 bits per heavy atom. The van der Waals surface area contributed by atoms with E-state index in [-0.39, 0.29) is 11.9 Å². The van der Waals surface area contributed by atoms with Crippen LogP contribution in [0.15, 0.2) is 60.9 Å². The Bertz CT molecular complexity index is 1060. The summed E-state index contributed by atoms with van der Waals surface area (Å²) in [5.41, 5.74) is 0.640. The molecule has 2 aromatic carbocycles. The van der Waals surface area contributed by atoms with Crippen molar-refractivity contribution in [2.75, 3.05) is 31.6 Å². The van der Waals surface area contributed by atoms with Crippen molar-refractivity contribution >= 4 is 23.3 Å². The SMILES string of the molecule is COc1cccc(Oc2cc(N3CCN(C(=O)c4ccc(Cl)cc4)C(C)C3)ncn2)c1. The number of piperazine rings is 1. The van der Waals surface area contributed by atoms with Gasteiger partial charge >= 0.3 is 0 Å². The number of carbonyl (C=O) groups excluding carboxylic acids is 1. The number of carbonyl (C=O) groups is 1. The van der Waals surface area contributed by atoms with Gasteiger partial charge in [-0.1, -0.05) is 17.7 Å². The predicted octanol–water partition coefficient (Wildman–Crippen LogP) is 4.28. The molecule has 160 valence electrons. The molecular formula is C23H23ClN4O3. The minimum atomic E-state index is 0.00792. The van der Waals surface area contributed by atoms with E-state index in [4.69, 9.17) is 21.1 Å². The molecule has 1 aliphatic rings. The van der Waals surface area contributed by atoms with Crippen molar-refractivity contribution in [1.82, 2.24) is 14.9 Å². The molecule has 0 spiro atoms. The fourth-order valence-electron chi connectivity index (χ4n) is 3.57. The van der Waals surface area contributed by atoms with E-state index < -0.39 is 0 Å². The average molecular weight is 439 g/mol. The van der Waals surface area contributed by atoms with Crippen LogP contribution in [0.25, 0.3) is 0 Å². The van der Waals surface area contributed by atoms with Crippen LogP contribution >= 0.6 is 11.6 Å². The molecule has 0 saturated carbocycles. The van der Waals surface area contributed by atoms with E-state index in [1.807, 2.05) is 36.1 Å². The van der Waals surface area contributed by atoms with Crippen LogP contribution in [0.5, 0.6) is 17.4 Å². The van der Waals surface area contributed by atoms with Crippen molar-refractivity contribution in [3.8, 4) is 17.4 Å². The quantitative estimate of drug-likeness (QED) is 0.592. The van der Waals surface area contributed by atoms with Crippen LogP contribution in [0, 0.1) is 0 Å². The number of halogens is 1. The van der Waals surface area contributed by atoms with Gasteiger partial charge in [-0.3, -0.25) is 4.79 Å². The molecule has 0 N–H and O–H groups in total. The number of ether oxygens (including phenoxy) is 2. The van der Waals surface area contributed by atoms with E-state index in [0.717, 1.165) is 5.82 Å². The molecule has 0 aliphatic carbocycles. The van der Waals surface area contributed by atoms with Gasteiger partial charge in [-0.05, 0) is 43.3 Å². The molecule has 1 amide bonds. The van der Waals surface area contributed by atoms with Gasteiger partial charge in [0.2, 0.25) is 5.88 Å². The lowest BCUT2D eigenvalue weighted by molar-refractivity contribution is 0.0673. The van der Waals surface area contributed by atoms with E-state index in [9.17, 15) is 4.79 Å². The van der Waals surface area contributed by atoms with Gasteiger partial charge < -0.3 is 19.3 Å². The number of benzene rings is 2. The van der Waals surface area contributed by atoms with Gasteiger partial charge in [0.15, 0.2) is 0 Å². The summed E-state index contributed by atoms with van der Waals surface area (Å²) in [5.74, 6) is 2.57. The molecule has 1 aromatic heterocycles. The van der Waals surface area contributed by atoms with E-state index in [0.29, 0.717) is 47.6 Å². The Hall–Kier alpha value is -3.32. The number of anilines is 1. The van der Waals surface area contributed by atoms with Crippen LogP contribution in [-0.2, 0) is 0 Å². The Balaban J connectivity index is 1.43. The first-order valence-corrected chi connectivity index (χ1v) is 10.4. The van der Waals surface area contributed by atoms with Crippen molar-refractivity contribution in [3.05, 3.63) is 71.5 Å². The molecular weight excluding hydrogens is 416 g/mol. The fourth-order valence-corrected chi connectivity index (χ4v) is 3.70. The third kappa shape index (κ3) is 4.88. The van der Waals surface area contributed by atoms with Gasteiger partial charge in [0.1, 0.15) is 23.6 Å². The maximum absolute atomic E-state index is 12.9. The van der Waals surface area contributed by atoms with Gasteiger partial charge in [-0.2, -0.15) is 0 Å². The van der Waals surface area contributed by atoms with Crippen molar-refractivity contribution in [3.63, 3.8) is 0 Å². The van der Waals surface area contributed by atoms with Crippen LogP contribution in [-0.4, -0.2) is 53.6 Å². The van der Waals surface area contributed by atoms with Crippen molar-refractivity contribution < 1.29 is 14.3 Å². The Morgan fingerprint density at radius 2 is 1.84 bits per heavy atom. The zero-order valence-corrected chi connectivity index (χ0v) is 18.1. The molecule has 1 atom stereocenters. The van der Waals surface area contributed by atoms with E-state index >= 15 is 0 Å². The molecule has 1 saturated heterocycles. The number of methoxy groups -OCH3 is 1. The van der Waals surface area contributed by atoms with E-state index in [1.54, 1.807) is 37.4 Å².